The van der Waals surface area contributed by atoms with Gasteiger partial charge in [0.2, 0.25) is 5.91 Å². The van der Waals surface area contributed by atoms with Gasteiger partial charge in [-0.05, 0) is 62.4 Å². The standard InChI is InChI=1S/C21H27N5O2/c27-20(18(25-9-1-2-10-25)16-4-3-8-22-14-16)26-11-6-21(7-12-26)19-17(5-13-28-21)15-23-24-19/h3-4,8,14-15,18H,1-2,5-7,9-13H2,(H,23,24). The van der Waals surface area contributed by atoms with Crippen LogP contribution in [0.4, 0.5) is 0 Å². The fourth-order valence-electron chi connectivity index (χ4n) is 5.03. The first-order chi connectivity index (χ1) is 13.8. The number of aromatic nitrogens is 3. The second-order valence-electron chi connectivity index (χ2n) is 8.12. The van der Waals surface area contributed by atoms with Gasteiger partial charge in [-0.25, -0.2) is 0 Å². The van der Waals surface area contributed by atoms with Crippen LogP contribution in [0.3, 0.4) is 0 Å². The fraction of sp³-hybridized carbons (Fsp3) is 0.571. The summed E-state index contributed by atoms with van der Waals surface area (Å²) in [7, 11) is 0. The molecule has 148 valence electrons. The third-order valence-electron chi connectivity index (χ3n) is 6.55. The van der Waals surface area contributed by atoms with Gasteiger partial charge in [-0.1, -0.05) is 6.07 Å². The van der Waals surface area contributed by atoms with E-state index in [2.05, 4.69) is 20.1 Å². The number of rotatable bonds is 3. The van der Waals surface area contributed by atoms with Crippen molar-refractivity contribution < 1.29 is 9.53 Å². The molecule has 2 saturated heterocycles. The zero-order valence-electron chi connectivity index (χ0n) is 16.1. The summed E-state index contributed by atoms with van der Waals surface area (Å²) in [6.45, 7) is 4.10. The molecule has 7 nitrogen and oxygen atoms in total. The van der Waals surface area contributed by atoms with Crippen LogP contribution in [0, 0.1) is 0 Å². The second kappa shape index (κ2) is 7.29. The highest BCUT2D eigenvalue weighted by molar-refractivity contribution is 5.83. The highest BCUT2D eigenvalue weighted by Crippen LogP contribution is 2.41. The first-order valence-corrected chi connectivity index (χ1v) is 10.4. The van der Waals surface area contributed by atoms with Gasteiger partial charge in [0.1, 0.15) is 11.6 Å². The molecule has 1 unspecified atom stereocenters. The van der Waals surface area contributed by atoms with Crippen molar-refractivity contribution in [3.8, 4) is 0 Å². The molecule has 0 aromatic carbocycles. The summed E-state index contributed by atoms with van der Waals surface area (Å²) in [6.07, 6.45) is 10.4. The molecule has 0 bridgehead atoms. The van der Waals surface area contributed by atoms with Crippen molar-refractivity contribution in [2.45, 2.75) is 43.7 Å². The van der Waals surface area contributed by atoms with E-state index in [1.165, 1.54) is 5.56 Å². The van der Waals surface area contributed by atoms with Gasteiger partial charge in [0.25, 0.3) is 0 Å². The number of likely N-dealkylation sites (tertiary alicyclic amines) is 2. The molecular formula is C21H27N5O2. The maximum absolute atomic E-state index is 13.5. The summed E-state index contributed by atoms with van der Waals surface area (Å²) < 4.78 is 6.23. The summed E-state index contributed by atoms with van der Waals surface area (Å²) in [4.78, 5) is 22.1. The van der Waals surface area contributed by atoms with Crippen LogP contribution in [-0.4, -0.2) is 63.7 Å². The lowest BCUT2D eigenvalue weighted by Crippen LogP contribution is -2.51. The van der Waals surface area contributed by atoms with Crippen molar-refractivity contribution in [3.05, 3.63) is 47.5 Å². The molecule has 1 amide bonds. The normalized spacial score (nSPS) is 22.9. The highest BCUT2D eigenvalue weighted by atomic mass is 16.5. The number of piperidine rings is 1. The number of fused-ring (bicyclic) bond motifs is 2. The van der Waals surface area contributed by atoms with Gasteiger partial charge in [-0.2, -0.15) is 5.10 Å². The molecule has 0 saturated carbocycles. The topological polar surface area (TPSA) is 74.3 Å². The number of carbonyl (C=O) groups excluding carboxylic acids is 1. The molecule has 3 aliphatic rings. The molecule has 1 atom stereocenters. The summed E-state index contributed by atoms with van der Waals surface area (Å²) >= 11 is 0. The average Bonchev–Trinajstić information content (AvgIpc) is 3.43. The molecule has 2 fully saturated rings. The SMILES string of the molecule is O=C(C(c1cccnc1)N1CCCC1)N1CCC2(CC1)OCCc1cn[nH]c12. The number of hydrogen-bond acceptors (Lipinski definition) is 5. The predicted octanol–water partition coefficient (Wildman–Crippen LogP) is 2.03. The molecule has 5 heterocycles. The van der Waals surface area contributed by atoms with E-state index in [1.54, 1.807) is 6.20 Å². The Balaban J connectivity index is 1.35. The Morgan fingerprint density at radius 1 is 1.18 bits per heavy atom. The van der Waals surface area contributed by atoms with Gasteiger partial charge < -0.3 is 9.64 Å². The molecule has 7 heteroatoms. The molecule has 1 spiro atoms. The number of pyridine rings is 1. The van der Waals surface area contributed by atoms with E-state index < -0.39 is 0 Å². The zero-order valence-corrected chi connectivity index (χ0v) is 16.1. The molecule has 5 rings (SSSR count). The van der Waals surface area contributed by atoms with Crippen LogP contribution >= 0.6 is 0 Å². The molecule has 2 aromatic rings. The third-order valence-corrected chi connectivity index (χ3v) is 6.55. The Morgan fingerprint density at radius 2 is 2.00 bits per heavy atom. The third kappa shape index (κ3) is 3.02. The van der Waals surface area contributed by atoms with Crippen LogP contribution in [-0.2, 0) is 21.6 Å². The first kappa shape index (κ1) is 17.8. The van der Waals surface area contributed by atoms with Gasteiger partial charge in [0, 0.05) is 25.5 Å². The minimum absolute atomic E-state index is 0.199. The average molecular weight is 381 g/mol. The van der Waals surface area contributed by atoms with Gasteiger partial charge in [-0.3, -0.25) is 19.8 Å². The van der Waals surface area contributed by atoms with Gasteiger partial charge in [0.05, 0.1) is 18.5 Å². The van der Waals surface area contributed by atoms with Gasteiger partial charge in [0.15, 0.2) is 0 Å². The van der Waals surface area contributed by atoms with Crippen molar-refractivity contribution in [3.63, 3.8) is 0 Å². The van der Waals surface area contributed by atoms with Crippen LogP contribution in [0.1, 0.15) is 48.5 Å². The van der Waals surface area contributed by atoms with E-state index in [9.17, 15) is 4.79 Å². The van der Waals surface area contributed by atoms with Gasteiger partial charge >= 0.3 is 0 Å². The Kier molecular flexibility index (Phi) is 4.64. The lowest BCUT2D eigenvalue weighted by Gasteiger charge is -2.44. The number of nitrogens with one attached hydrogen (secondary N) is 1. The van der Waals surface area contributed by atoms with E-state index in [1.807, 2.05) is 29.4 Å². The fourth-order valence-corrected chi connectivity index (χ4v) is 5.03. The van der Waals surface area contributed by atoms with Crippen molar-refractivity contribution in [1.29, 1.82) is 0 Å². The van der Waals surface area contributed by atoms with E-state index in [4.69, 9.17) is 4.74 Å². The number of carbonyl (C=O) groups is 1. The minimum Gasteiger partial charge on any atom is -0.368 e. The van der Waals surface area contributed by atoms with Gasteiger partial charge in [-0.15, -0.1) is 0 Å². The molecule has 3 aliphatic heterocycles. The van der Waals surface area contributed by atoms with E-state index in [0.717, 1.165) is 63.1 Å². The summed E-state index contributed by atoms with van der Waals surface area (Å²) in [5, 5.41) is 7.39. The number of hydrogen-bond donors (Lipinski definition) is 1. The maximum Gasteiger partial charge on any atom is 0.244 e. The quantitative estimate of drug-likeness (QED) is 0.881. The largest absolute Gasteiger partial charge is 0.368 e. The molecular weight excluding hydrogens is 354 g/mol. The Hall–Kier alpha value is -2.25. The van der Waals surface area contributed by atoms with E-state index >= 15 is 0 Å². The summed E-state index contributed by atoms with van der Waals surface area (Å²) in [6, 6.07) is 3.73. The molecule has 1 N–H and O–H groups in total. The van der Waals surface area contributed by atoms with Crippen molar-refractivity contribution >= 4 is 5.91 Å². The summed E-state index contributed by atoms with van der Waals surface area (Å²) in [5.74, 6) is 0.199. The lowest BCUT2D eigenvalue weighted by atomic mass is 9.83. The minimum atomic E-state index is -0.307. The molecule has 28 heavy (non-hydrogen) atoms. The number of aromatic amines is 1. The monoisotopic (exact) mass is 381 g/mol. The predicted molar refractivity (Wildman–Crippen MR) is 104 cm³/mol. The van der Waals surface area contributed by atoms with E-state index in [-0.39, 0.29) is 17.6 Å². The smallest absolute Gasteiger partial charge is 0.244 e. The Bertz CT molecular complexity index is 822. The Labute approximate surface area is 165 Å². The maximum atomic E-state index is 13.5. The first-order valence-electron chi connectivity index (χ1n) is 10.4. The van der Waals surface area contributed by atoms with Crippen LogP contribution < -0.4 is 0 Å². The van der Waals surface area contributed by atoms with Crippen molar-refractivity contribution in [2.75, 3.05) is 32.8 Å². The zero-order chi connectivity index (χ0) is 19.0. The summed E-state index contributed by atoms with van der Waals surface area (Å²) in [5.41, 5.74) is 3.07. The van der Waals surface area contributed by atoms with E-state index in [0.29, 0.717) is 13.1 Å². The van der Waals surface area contributed by atoms with Crippen LogP contribution in [0.25, 0.3) is 0 Å². The van der Waals surface area contributed by atoms with Crippen molar-refractivity contribution in [2.24, 2.45) is 0 Å². The van der Waals surface area contributed by atoms with Crippen LogP contribution in [0.2, 0.25) is 0 Å². The number of amides is 1. The Morgan fingerprint density at radius 3 is 2.75 bits per heavy atom. The van der Waals surface area contributed by atoms with Crippen LogP contribution in [0.15, 0.2) is 30.7 Å². The van der Waals surface area contributed by atoms with Crippen LogP contribution in [0.5, 0.6) is 0 Å². The highest BCUT2D eigenvalue weighted by Gasteiger charge is 2.44. The second-order valence-corrected chi connectivity index (χ2v) is 8.12. The number of ether oxygens (including phenoxy) is 1. The number of H-pyrrole nitrogens is 1. The number of nitrogens with zero attached hydrogens (tertiary/aromatic N) is 4. The molecule has 0 aliphatic carbocycles. The molecule has 2 aromatic heterocycles. The molecule has 0 radical (unpaired) electrons. The van der Waals surface area contributed by atoms with Crippen molar-refractivity contribution in [1.82, 2.24) is 25.0 Å². The lowest BCUT2D eigenvalue weighted by molar-refractivity contribution is -0.146.